The Bertz CT molecular complexity index is 581. The van der Waals surface area contributed by atoms with Crippen LogP contribution in [-0.2, 0) is 25.9 Å². The molecular formula is C15H24N2O4S2. The summed E-state index contributed by atoms with van der Waals surface area (Å²) in [7, 11) is -3.26. The van der Waals surface area contributed by atoms with E-state index in [0.717, 1.165) is 32.5 Å². The third-order valence-corrected chi connectivity index (χ3v) is 6.32. The molecule has 0 aliphatic carbocycles. The maximum atomic E-state index is 12.0. The minimum Gasteiger partial charge on any atom is -0.377 e. The third kappa shape index (κ3) is 6.99. The summed E-state index contributed by atoms with van der Waals surface area (Å²) in [5, 5.41) is 2.02. The molecule has 2 heterocycles. The van der Waals surface area contributed by atoms with Crippen LogP contribution in [0.4, 0.5) is 0 Å². The molecule has 1 aliphatic heterocycles. The Morgan fingerprint density at radius 2 is 2.26 bits per heavy atom. The fraction of sp³-hybridized carbons (Fsp3) is 0.667. The predicted octanol–water partition coefficient (Wildman–Crippen LogP) is 1.02. The van der Waals surface area contributed by atoms with E-state index in [2.05, 4.69) is 11.0 Å². The third-order valence-electron chi connectivity index (χ3n) is 3.82. The molecule has 8 heteroatoms. The summed E-state index contributed by atoms with van der Waals surface area (Å²) in [5.74, 6) is -0.712. The van der Waals surface area contributed by atoms with Crippen LogP contribution in [0.1, 0.15) is 24.1 Å². The second-order valence-electron chi connectivity index (χ2n) is 5.82. The van der Waals surface area contributed by atoms with Crippen molar-refractivity contribution in [2.24, 2.45) is 5.73 Å². The Hall–Kier alpha value is -0.960. The van der Waals surface area contributed by atoms with Crippen LogP contribution in [0.15, 0.2) is 17.5 Å². The van der Waals surface area contributed by atoms with E-state index in [1.54, 1.807) is 11.3 Å². The predicted molar refractivity (Wildman–Crippen MR) is 91.0 cm³/mol. The molecule has 1 fully saturated rings. The standard InChI is InChI=1S/C15H24N2O4S2/c16-15(18)5-9-23(19,20)10-6-17(11-13-3-1-7-21-13)12-14-4-2-8-22-14/h2,4,8,13H,1,3,5-7,9-12H2,(H2,16,18)/t13-/m1/s1. The molecule has 0 saturated carbocycles. The topological polar surface area (TPSA) is 89.7 Å². The van der Waals surface area contributed by atoms with E-state index in [-0.39, 0.29) is 24.0 Å². The molecule has 1 aromatic heterocycles. The summed E-state index contributed by atoms with van der Waals surface area (Å²) in [6, 6.07) is 4.04. The number of nitrogens with two attached hydrogens (primary N) is 1. The van der Waals surface area contributed by atoms with Gasteiger partial charge in [0.15, 0.2) is 9.84 Å². The largest absolute Gasteiger partial charge is 0.377 e. The van der Waals surface area contributed by atoms with Gasteiger partial charge in [-0.05, 0) is 24.3 Å². The molecule has 0 bridgehead atoms. The van der Waals surface area contributed by atoms with Crippen LogP contribution in [0.2, 0.25) is 0 Å². The van der Waals surface area contributed by atoms with Gasteiger partial charge in [0, 0.05) is 37.5 Å². The average molecular weight is 361 g/mol. The average Bonchev–Trinajstić information content (AvgIpc) is 3.16. The quantitative estimate of drug-likeness (QED) is 0.673. The number of carbonyl (C=O) groups excluding carboxylic acids is 1. The summed E-state index contributed by atoms with van der Waals surface area (Å²) in [6.07, 6.45) is 2.16. The van der Waals surface area contributed by atoms with Crippen molar-refractivity contribution in [3.05, 3.63) is 22.4 Å². The van der Waals surface area contributed by atoms with Crippen LogP contribution in [0.25, 0.3) is 0 Å². The highest BCUT2D eigenvalue weighted by Crippen LogP contribution is 2.17. The maximum Gasteiger partial charge on any atom is 0.218 e. The molecule has 130 valence electrons. The van der Waals surface area contributed by atoms with E-state index >= 15 is 0 Å². The molecule has 6 nitrogen and oxygen atoms in total. The molecule has 0 unspecified atom stereocenters. The highest BCUT2D eigenvalue weighted by molar-refractivity contribution is 7.91. The lowest BCUT2D eigenvalue weighted by molar-refractivity contribution is -0.117. The van der Waals surface area contributed by atoms with Gasteiger partial charge in [0.2, 0.25) is 5.91 Å². The lowest BCUT2D eigenvalue weighted by atomic mass is 10.2. The molecule has 1 aromatic rings. The first-order valence-corrected chi connectivity index (χ1v) is 10.5. The highest BCUT2D eigenvalue weighted by atomic mass is 32.2. The molecule has 2 N–H and O–H groups in total. The van der Waals surface area contributed by atoms with E-state index < -0.39 is 15.7 Å². The van der Waals surface area contributed by atoms with Gasteiger partial charge in [0.25, 0.3) is 0 Å². The van der Waals surface area contributed by atoms with Crippen LogP contribution in [0, 0.1) is 0 Å². The Kier molecular flexibility index (Phi) is 7.01. The summed E-state index contributed by atoms with van der Waals surface area (Å²) < 4.78 is 29.7. The Morgan fingerprint density at radius 3 is 2.87 bits per heavy atom. The van der Waals surface area contributed by atoms with Crippen molar-refractivity contribution in [2.75, 3.05) is 31.2 Å². The van der Waals surface area contributed by atoms with E-state index in [0.29, 0.717) is 6.54 Å². The zero-order valence-corrected chi connectivity index (χ0v) is 14.8. The van der Waals surface area contributed by atoms with Crippen molar-refractivity contribution in [2.45, 2.75) is 31.9 Å². The Labute approximate surface area is 141 Å². The second kappa shape index (κ2) is 8.77. The number of thiophene rings is 1. The summed E-state index contributed by atoms with van der Waals surface area (Å²) in [4.78, 5) is 14.1. The monoisotopic (exact) mass is 360 g/mol. The highest BCUT2D eigenvalue weighted by Gasteiger charge is 2.21. The number of nitrogens with zero attached hydrogens (tertiary/aromatic N) is 1. The van der Waals surface area contributed by atoms with Gasteiger partial charge in [-0.15, -0.1) is 11.3 Å². The molecule has 1 aliphatic rings. The number of primary amides is 1. The van der Waals surface area contributed by atoms with E-state index in [4.69, 9.17) is 10.5 Å². The molecule has 0 spiro atoms. The first kappa shape index (κ1) is 18.4. The van der Waals surface area contributed by atoms with Gasteiger partial charge in [0.05, 0.1) is 17.6 Å². The second-order valence-corrected chi connectivity index (χ2v) is 9.15. The van der Waals surface area contributed by atoms with Crippen molar-refractivity contribution >= 4 is 27.1 Å². The summed E-state index contributed by atoms with van der Waals surface area (Å²) >= 11 is 1.66. The Balaban J connectivity index is 1.89. The Morgan fingerprint density at radius 1 is 1.43 bits per heavy atom. The molecular weight excluding hydrogens is 336 g/mol. The van der Waals surface area contributed by atoms with Crippen LogP contribution in [-0.4, -0.2) is 56.5 Å². The van der Waals surface area contributed by atoms with Crippen LogP contribution >= 0.6 is 11.3 Å². The lowest BCUT2D eigenvalue weighted by Crippen LogP contribution is -2.35. The molecule has 0 aromatic carbocycles. The van der Waals surface area contributed by atoms with Crippen LogP contribution in [0.5, 0.6) is 0 Å². The SMILES string of the molecule is NC(=O)CCS(=O)(=O)CCN(Cc1cccs1)C[C@H]1CCCO1. The van der Waals surface area contributed by atoms with Crippen molar-refractivity contribution in [1.29, 1.82) is 0 Å². The first-order chi connectivity index (χ1) is 10.9. The van der Waals surface area contributed by atoms with Crippen LogP contribution in [0.3, 0.4) is 0 Å². The molecule has 0 radical (unpaired) electrons. The molecule has 1 atom stereocenters. The van der Waals surface area contributed by atoms with Crippen LogP contribution < -0.4 is 5.73 Å². The van der Waals surface area contributed by atoms with Gasteiger partial charge in [0.1, 0.15) is 0 Å². The fourth-order valence-corrected chi connectivity index (χ4v) is 4.56. The van der Waals surface area contributed by atoms with Gasteiger partial charge in [-0.3, -0.25) is 9.69 Å². The molecule has 1 amide bonds. The maximum absolute atomic E-state index is 12.0. The van der Waals surface area contributed by atoms with Gasteiger partial charge in [-0.1, -0.05) is 6.07 Å². The summed E-state index contributed by atoms with van der Waals surface area (Å²) in [5.41, 5.74) is 5.03. The number of hydrogen-bond acceptors (Lipinski definition) is 6. The normalized spacial score (nSPS) is 18.6. The number of rotatable bonds is 10. The smallest absolute Gasteiger partial charge is 0.218 e. The van der Waals surface area contributed by atoms with Crippen molar-refractivity contribution < 1.29 is 17.9 Å². The zero-order chi connectivity index (χ0) is 16.7. The number of carbonyl (C=O) groups is 1. The van der Waals surface area contributed by atoms with Gasteiger partial charge < -0.3 is 10.5 Å². The number of amides is 1. The van der Waals surface area contributed by atoms with Gasteiger partial charge in [-0.2, -0.15) is 0 Å². The number of sulfone groups is 1. The minimum absolute atomic E-state index is 0.0401. The zero-order valence-electron chi connectivity index (χ0n) is 13.1. The van der Waals surface area contributed by atoms with E-state index in [9.17, 15) is 13.2 Å². The lowest BCUT2D eigenvalue weighted by Gasteiger charge is -2.24. The van der Waals surface area contributed by atoms with Gasteiger partial charge >= 0.3 is 0 Å². The van der Waals surface area contributed by atoms with Crippen molar-refractivity contribution in [3.8, 4) is 0 Å². The molecule has 23 heavy (non-hydrogen) atoms. The first-order valence-electron chi connectivity index (χ1n) is 7.80. The summed E-state index contributed by atoms with van der Waals surface area (Å²) in [6.45, 7) is 2.69. The fourth-order valence-electron chi connectivity index (χ4n) is 2.56. The van der Waals surface area contributed by atoms with Crippen molar-refractivity contribution in [3.63, 3.8) is 0 Å². The number of ether oxygens (including phenoxy) is 1. The van der Waals surface area contributed by atoms with E-state index in [1.165, 1.54) is 4.88 Å². The molecule has 2 rings (SSSR count). The molecule has 1 saturated heterocycles. The minimum atomic E-state index is -3.26. The van der Waals surface area contributed by atoms with E-state index in [1.807, 2.05) is 11.4 Å². The van der Waals surface area contributed by atoms with Gasteiger partial charge in [-0.25, -0.2) is 8.42 Å². The number of hydrogen-bond donors (Lipinski definition) is 1. The van der Waals surface area contributed by atoms with Crippen molar-refractivity contribution in [1.82, 2.24) is 4.90 Å².